The number of nitrogens with one attached hydrogen (secondary N) is 2. The van der Waals surface area contributed by atoms with Crippen LogP contribution in [0.25, 0.3) is 11.1 Å². The number of aromatic amines is 1. The van der Waals surface area contributed by atoms with E-state index < -0.39 is 24.1 Å². The molecule has 0 aliphatic heterocycles. The lowest BCUT2D eigenvalue weighted by Gasteiger charge is -2.17. The second kappa shape index (κ2) is 10.7. The molecular weight excluding hydrogens is 460 g/mol. The zero-order chi connectivity index (χ0) is 25.8. The Hall–Kier alpha value is -4.07. The average Bonchev–Trinajstić information content (AvgIpc) is 3.36. The summed E-state index contributed by atoms with van der Waals surface area (Å²) < 4.78 is 10.6. The quantitative estimate of drug-likeness (QED) is 0.378. The van der Waals surface area contributed by atoms with Gasteiger partial charge in [0.1, 0.15) is 18.3 Å². The van der Waals surface area contributed by atoms with Gasteiger partial charge in [-0.25, -0.2) is 14.4 Å². The predicted octanol–water partition coefficient (Wildman–Crippen LogP) is 4.60. The molecule has 1 atom stereocenters. The number of H-pyrrole nitrogens is 1. The van der Waals surface area contributed by atoms with Crippen molar-refractivity contribution in [2.45, 2.75) is 45.6 Å². The van der Waals surface area contributed by atoms with Gasteiger partial charge in [-0.05, 0) is 53.6 Å². The highest BCUT2D eigenvalue weighted by Gasteiger charge is 2.30. The lowest BCUT2D eigenvalue weighted by atomic mass is 9.98. The molecule has 1 aromatic heterocycles. The van der Waals surface area contributed by atoms with E-state index in [0.29, 0.717) is 17.8 Å². The molecule has 1 aliphatic carbocycles. The standard InChI is InChI=1S/C28H30N2O6/c1-4-17-16(3)25(27(33)35-5-2)29-23(17)14-24(26(31)32)30-28(34)36-15-22-20-12-8-6-10-18(20)19-11-7-9-13-21(19)22/h6-13,22,24,29H,4-5,14-15H2,1-3H3,(H,30,34)(H,31,32). The summed E-state index contributed by atoms with van der Waals surface area (Å²) in [7, 11) is 0. The first-order valence-corrected chi connectivity index (χ1v) is 12.1. The number of carbonyl (C=O) groups is 3. The van der Waals surface area contributed by atoms with Crippen LogP contribution in [-0.4, -0.2) is 47.4 Å². The molecule has 1 aliphatic rings. The fourth-order valence-electron chi connectivity index (χ4n) is 4.94. The Morgan fingerprint density at radius 3 is 2.17 bits per heavy atom. The smallest absolute Gasteiger partial charge is 0.407 e. The van der Waals surface area contributed by atoms with Crippen LogP contribution >= 0.6 is 0 Å². The number of benzene rings is 2. The summed E-state index contributed by atoms with van der Waals surface area (Å²) in [5.74, 6) is -1.82. The average molecular weight is 491 g/mol. The van der Waals surface area contributed by atoms with Gasteiger partial charge in [0, 0.05) is 18.0 Å². The number of fused-ring (bicyclic) bond motifs is 3. The molecule has 188 valence electrons. The molecule has 0 saturated heterocycles. The van der Waals surface area contributed by atoms with Crippen molar-refractivity contribution in [1.82, 2.24) is 10.3 Å². The molecule has 1 unspecified atom stereocenters. The summed E-state index contributed by atoms with van der Waals surface area (Å²) in [6.07, 6.45) is -0.242. The number of aliphatic carboxylic acids is 1. The van der Waals surface area contributed by atoms with E-state index in [0.717, 1.165) is 33.4 Å². The summed E-state index contributed by atoms with van der Waals surface area (Å²) in [4.78, 5) is 39.9. The van der Waals surface area contributed by atoms with Crippen molar-refractivity contribution in [2.24, 2.45) is 0 Å². The number of esters is 1. The van der Waals surface area contributed by atoms with Crippen molar-refractivity contribution in [3.8, 4) is 11.1 Å². The van der Waals surface area contributed by atoms with Gasteiger partial charge in [0.25, 0.3) is 0 Å². The van der Waals surface area contributed by atoms with Gasteiger partial charge in [-0.2, -0.15) is 0 Å². The Bertz CT molecular complexity index is 1250. The van der Waals surface area contributed by atoms with Gasteiger partial charge in [0.05, 0.1) is 6.61 Å². The van der Waals surface area contributed by atoms with E-state index in [2.05, 4.69) is 10.3 Å². The molecule has 0 bridgehead atoms. The van der Waals surface area contributed by atoms with Crippen molar-refractivity contribution in [1.29, 1.82) is 0 Å². The highest BCUT2D eigenvalue weighted by molar-refractivity contribution is 5.90. The Labute approximate surface area is 209 Å². The van der Waals surface area contributed by atoms with Crippen LogP contribution in [0.15, 0.2) is 48.5 Å². The Morgan fingerprint density at radius 2 is 1.61 bits per heavy atom. The van der Waals surface area contributed by atoms with Gasteiger partial charge in [-0.1, -0.05) is 55.5 Å². The van der Waals surface area contributed by atoms with E-state index in [9.17, 15) is 19.5 Å². The number of hydrogen-bond acceptors (Lipinski definition) is 5. The molecule has 36 heavy (non-hydrogen) atoms. The van der Waals surface area contributed by atoms with Crippen molar-refractivity contribution in [2.75, 3.05) is 13.2 Å². The minimum atomic E-state index is -1.24. The molecule has 2 aromatic carbocycles. The van der Waals surface area contributed by atoms with Gasteiger partial charge in [-0.15, -0.1) is 0 Å². The summed E-state index contributed by atoms with van der Waals surface area (Å²) in [6, 6.07) is 14.7. The first-order chi connectivity index (χ1) is 17.3. The van der Waals surface area contributed by atoms with Gasteiger partial charge in [0.15, 0.2) is 0 Å². The molecule has 0 fully saturated rings. The van der Waals surface area contributed by atoms with E-state index in [1.54, 1.807) is 13.8 Å². The third-order valence-electron chi connectivity index (χ3n) is 6.64. The summed E-state index contributed by atoms with van der Waals surface area (Å²) in [5.41, 5.74) is 6.78. The summed E-state index contributed by atoms with van der Waals surface area (Å²) in [6.45, 7) is 5.75. The molecule has 0 radical (unpaired) electrons. The van der Waals surface area contributed by atoms with Crippen LogP contribution in [0.1, 0.15) is 58.2 Å². The zero-order valence-corrected chi connectivity index (χ0v) is 20.6. The Balaban J connectivity index is 1.46. The second-order valence-corrected chi connectivity index (χ2v) is 8.72. The number of ether oxygens (including phenoxy) is 2. The lowest BCUT2D eigenvalue weighted by molar-refractivity contribution is -0.139. The summed E-state index contributed by atoms with van der Waals surface area (Å²) in [5, 5.41) is 12.3. The fourth-order valence-corrected chi connectivity index (χ4v) is 4.94. The number of carbonyl (C=O) groups excluding carboxylic acids is 2. The topological polar surface area (TPSA) is 118 Å². The van der Waals surface area contributed by atoms with Crippen LogP contribution in [0.4, 0.5) is 4.79 Å². The highest BCUT2D eigenvalue weighted by atomic mass is 16.5. The van der Waals surface area contributed by atoms with Crippen LogP contribution in [0.5, 0.6) is 0 Å². The maximum atomic E-state index is 12.7. The van der Waals surface area contributed by atoms with Crippen LogP contribution in [0, 0.1) is 6.92 Å². The predicted molar refractivity (Wildman–Crippen MR) is 134 cm³/mol. The molecule has 0 spiro atoms. The number of carboxylic acid groups (broad SMARTS) is 1. The third-order valence-corrected chi connectivity index (χ3v) is 6.64. The van der Waals surface area contributed by atoms with Gasteiger partial charge >= 0.3 is 18.0 Å². The summed E-state index contributed by atoms with van der Waals surface area (Å²) >= 11 is 0. The van der Waals surface area contributed by atoms with E-state index >= 15 is 0 Å². The van der Waals surface area contributed by atoms with Gasteiger partial charge in [0.2, 0.25) is 0 Å². The highest BCUT2D eigenvalue weighted by Crippen LogP contribution is 2.44. The maximum absolute atomic E-state index is 12.7. The van der Waals surface area contributed by atoms with E-state index in [1.807, 2.05) is 55.5 Å². The molecule has 4 rings (SSSR count). The molecule has 0 saturated carbocycles. The van der Waals surface area contributed by atoms with Crippen LogP contribution in [0.3, 0.4) is 0 Å². The monoisotopic (exact) mass is 490 g/mol. The fraction of sp³-hybridized carbons (Fsp3) is 0.321. The van der Waals surface area contributed by atoms with Crippen LogP contribution in [0.2, 0.25) is 0 Å². The number of alkyl carbamates (subject to hydrolysis) is 1. The molecule has 8 heteroatoms. The molecule has 3 aromatic rings. The minimum Gasteiger partial charge on any atom is -0.480 e. The van der Waals surface area contributed by atoms with E-state index in [4.69, 9.17) is 9.47 Å². The van der Waals surface area contributed by atoms with Crippen LogP contribution < -0.4 is 5.32 Å². The molecule has 8 nitrogen and oxygen atoms in total. The van der Waals surface area contributed by atoms with Crippen molar-refractivity contribution >= 4 is 18.0 Å². The van der Waals surface area contributed by atoms with Crippen LogP contribution in [-0.2, 0) is 27.1 Å². The van der Waals surface area contributed by atoms with E-state index in [-0.39, 0.29) is 25.6 Å². The van der Waals surface area contributed by atoms with Crippen molar-refractivity contribution < 1.29 is 29.0 Å². The first-order valence-electron chi connectivity index (χ1n) is 12.1. The number of hydrogen-bond donors (Lipinski definition) is 3. The lowest BCUT2D eigenvalue weighted by Crippen LogP contribution is -2.43. The third kappa shape index (κ3) is 4.84. The van der Waals surface area contributed by atoms with Gasteiger partial charge in [-0.3, -0.25) is 0 Å². The molecule has 1 heterocycles. The molecule has 3 N–H and O–H groups in total. The largest absolute Gasteiger partial charge is 0.480 e. The number of amides is 1. The van der Waals surface area contributed by atoms with Crippen molar-refractivity contribution in [3.05, 3.63) is 82.2 Å². The second-order valence-electron chi connectivity index (χ2n) is 8.72. The Kier molecular flexibility index (Phi) is 7.43. The minimum absolute atomic E-state index is 0.0249. The SMILES string of the molecule is CCOC(=O)c1[nH]c(CC(NC(=O)OCC2c3ccccc3-c3ccccc32)C(=O)O)c(CC)c1C. The number of carboxylic acids is 1. The van der Waals surface area contributed by atoms with Gasteiger partial charge < -0.3 is 24.9 Å². The first kappa shape index (κ1) is 25.0. The number of rotatable bonds is 9. The van der Waals surface area contributed by atoms with E-state index in [1.165, 1.54) is 0 Å². The maximum Gasteiger partial charge on any atom is 0.407 e. The Morgan fingerprint density at radius 1 is 1.00 bits per heavy atom. The van der Waals surface area contributed by atoms with Crippen molar-refractivity contribution in [3.63, 3.8) is 0 Å². The molecule has 1 amide bonds. The normalized spacial score (nSPS) is 13.0. The number of aromatic nitrogens is 1. The zero-order valence-electron chi connectivity index (χ0n) is 20.6. The molecular formula is C28H30N2O6.